The minimum absolute atomic E-state index is 0.0822. The molecule has 2 aromatic carbocycles. The third-order valence-electron chi connectivity index (χ3n) is 8.71. The van der Waals surface area contributed by atoms with Crippen LogP contribution in [-0.2, 0) is 6.42 Å². The molecule has 0 aliphatic heterocycles. The molecule has 0 atom stereocenters. The SMILES string of the molecule is CCCCCc1ccc(-c2ccc(C3CCC(C4CCC(N(C)C)CC4)CC3)cc2)c(F)c1. The summed E-state index contributed by atoms with van der Waals surface area (Å²) < 4.78 is 14.8. The van der Waals surface area contributed by atoms with Gasteiger partial charge in [0.25, 0.3) is 0 Å². The van der Waals surface area contributed by atoms with Gasteiger partial charge in [0.15, 0.2) is 0 Å². The third kappa shape index (κ3) is 6.27. The Balaban J connectivity index is 1.30. The highest BCUT2D eigenvalue weighted by Crippen LogP contribution is 2.43. The molecule has 0 heterocycles. The fourth-order valence-electron chi connectivity index (χ4n) is 6.48. The predicted octanol–water partition coefficient (Wildman–Crippen LogP) is 8.62. The van der Waals surface area contributed by atoms with Crippen molar-refractivity contribution in [3.63, 3.8) is 0 Å². The van der Waals surface area contributed by atoms with Gasteiger partial charge in [-0.15, -0.1) is 0 Å². The molecule has 0 radical (unpaired) electrons. The highest BCUT2D eigenvalue weighted by Gasteiger charge is 2.31. The van der Waals surface area contributed by atoms with Gasteiger partial charge in [0, 0.05) is 11.6 Å². The Morgan fingerprint density at radius 3 is 2.00 bits per heavy atom. The molecule has 0 aromatic heterocycles. The molecule has 2 saturated carbocycles. The molecule has 2 fully saturated rings. The second kappa shape index (κ2) is 11.6. The van der Waals surface area contributed by atoms with Crippen LogP contribution in [0.25, 0.3) is 11.1 Å². The second-order valence-electron chi connectivity index (χ2n) is 11.0. The Labute approximate surface area is 201 Å². The van der Waals surface area contributed by atoms with Crippen molar-refractivity contribution in [3.05, 3.63) is 59.4 Å². The summed E-state index contributed by atoms with van der Waals surface area (Å²) in [6, 6.07) is 15.4. The predicted molar refractivity (Wildman–Crippen MR) is 139 cm³/mol. The lowest BCUT2D eigenvalue weighted by molar-refractivity contribution is 0.134. The van der Waals surface area contributed by atoms with Gasteiger partial charge in [-0.05, 0) is 119 Å². The number of hydrogen-bond acceptors (Lipinski definition) is 1. The lowest BCUT2D eigenvalue weighted by Crippen LogP contribution is -2.34. The van der Waals surface area contributed by atoms with E-state index in [1.54, 1.807) is 6.07 Å². The molecule has 0 N–H and O–H groups in total. The van der Waals surface area contributed by atoms with Crippen molar-refractivity contribution < 1.29 is 4.39 Å². The van der Waals surface area contributed by atoms with Crippen molar-refractivity contribution in [2.75, 3.05) is 14.1 Å². The van der Waals surface area contributed by atoms with Gasteiger partial charge in [-0.1, -0.05) is 56.2 Å². The molecule has 33 heavy (non-hydrogen) atoms. The van der Waals surface area contributed by atoms with Crippen molar-refractivity contribution in [3.8, 4) is 11.1 Å². The van der Waals surface area contributed by atoms with E-state index >= 15 is 0 Å². The van der Waals surface area contributed by atoms with Crippen LogP contribution in [-0.4, -0.2) is 25.0 Å². The standard InChI is InChI=1S/C31H44FN/c1-4-5-6-7-23-8-21-30(31(32)22-23)28-15-13-26(14-16-28)24-9-11-25(12-10-24)27-17-19-29(20-18-27)33(2)3/h8,13-16,21-22,24-25,27,29H,4-7,9-12,17-20H2,1-3H3. The lowest BCUT2D eigenvalue weighted by atomic mass is 9.69. The average Bonchev–Trinajstić information content (AvgIpc) is 2.85. The summed E-state index contributed by atoms with van der Waals surface area (Å²) in [6.07, 6.45) is 15.6. The van der Waals surface area contributed by atoms with Gasteiger partial charge >= 0.3 is 0 Å². The largest absolute Gasteiger partial charge is 0.306 e. The van der Waals surface area contributed by atoms with Gasteiger partial charge in [0.1, 0.15) is 5.82 Å². The molecule has 4 rings (SSSR count). The van der Waals surface area contributed by atoms with Gasteiger partial charge in [0.05, 0.1) is 0 Å². The van der Waals surface area contributed by atoms with Crippen LogP contribution in [0.5, 0.6) is 0 Å². The van der Waals surface area contributed by atoms with E-state index in [0.717, 1.165) is 47.4 Å². The maximum Gasteiger partial charge on any atom is 0.131 e. The second-order valence-corrected chi connectivity index (χ2v) is 11.0. The molecular weight excluding hydrogens is 405 g/mol. The number of nitrogens with zero attached hydrogens (tertiary/aromatic N) is 1. The Morgan fingerprint density at radius 1 is 0.788 bits per heavy atom. The summed E-state index contributed by atoms with van der Waals surface area (Å²) >= 11 is 0. The summed E-state index contributed by atoms with van der Waals surface area (Å²) in [5.74, 6) is 2.49. The lowest BCUT2D eigenvalue weighted by Gasteiger charge is -2.39. The molecule has 2 heteroatoms. The summed E-state index contributed by atoms with van der Waals surface area (Å²) in [6.45, 7) is 2.20. The number of hydrogen-bond donors (Lipinski definition) is 0. The van der Waals surface area contributed by atoms with Crippen LogP contribution in [0.3, 0.4) is 0 Å². The van der Waals surface area contributed by atoms with Crippen molar-refractivity contribution in [2.45, 2.75) is 95.9 Å². The van der Waals surface area contributed by atoms with Gasteiger partial charge < -0.3 is 4.90 Å². The van der Waals surface area contributed by atoms with Gasteiger partial charge in [0.2, 0.25) is 0 Å². The molecule has 1 nitrogen and oxygen atoms in total. The smallest absolute Gasteiger partial charge is 0.131 e. The quantitative estimate of drug-likeness (QED) is 0.365. The van der Waals surface area contributed by atoms with Crippen molar-refractivity contribution >= 4 is 0 Å². The zero-order chi connectivity index (χ0) is 23.2. The first kappa shape index (κ1) is 24.5. The molecule has 0 amide bonds. The molecule has 180 valence electrons. The van der Waals surface area contributed by atoms with Crippen molar-refractivity contribution in [2.24, 2.45) is 11.8 Å². The maximum absolute atomic E-state index is 14.8. The van der Waals surface area contributed by atoms with Crippen LogP contribution in [0.4, 0.5) is 4.39 Å². The Kier molecular flexibility index (Phi) is 8.63. The van der Waals surface area contributed by atoms with Gasteiger partial charge in [-0.2, -0.15) is 0 Å². The molecule has 0 spiro atoms. The number of rotatable bonds is 8. The molecule has 0 saturated heterocycles. The van der Waals surface area contributed by atoms with Crippen LogP contribution in [0, 0.1) is 17.7 Å². The molecule has 0 bridgehead atoms. The van der Waals surface area contributed by atoms with Crippen LogP contribution < -0.4 is 0 Å². The van der Waals surface area contributed by atoms with E-state index in [4.69, 9.17) is 0 Å². The fraction of sp³-hybridized carbons (Fsp3) is 0.613. The van der Waals surface area contributed by atoms with Gasteiger partial charge in [-0.25, -0.2) is 4.39 Å². The van der Waals surface area contributed by atoms with Crippen molar-refractivity contribution in [1.82, 2.24) is 4.90 Å². The summed E-state index contributed by atoms with van der Waals surface area (Å²) in [7, 11) is 4.47. The number of benzene rings is 2. The van der Waals surface area contributed by atoms with E-state index in [1.807, 2.05) is 6.07 Å². The minimum atomic E-state index is -0.0822. The third-order valence-corrected chi connectivity index (χ3v) is 8.71. The first-order chi connectivity index (χ1) is 16.0. The highest BCUT2D eigenvalue weighted by atomic mass is 19.1. The maximum atomic E-state index is 14.8. The van der Waals surface area contributed by atoms with Crippen molar-refractivity contribution in [1.29, 1.82) is 0 Å². The molecule has 2 aromatic rings. The van der Waals surface area contributed by atoms with E-state index in [2.05, 4.69) is 56.3 Å². The first-order valence-electron chi connectivity index (χ1n) is 13.6. The molecule has 2 aliphatic carbocycles. The zero-order valence-electron chi connectivity index (χ0n) is 21.2. The topological polar surface area (TPSA) is 3.24 Å². The summed E-state index contributed by atoms with van der Waals surface area (Å²) in [5, 5.41) is 0. The van der Waals surface area contributed by atoms with Gasteiger partial charge in [-0.3, -0.25) is 0 Å². The highest BCUT2D eigenvalue weighted by molar-refractivity contribution is 5.65. The summed E-state index contributed by atoms with van der Waals surface area (Å²) in [5.41, 5.74) is 4.30. The molecule has 0 unspecified atom stereocenters. The monoisotopic (exact) mass is 449 g/mol. The van der Waals surface area contributed by atoms with Crippen LogP contribution >= 0.6 is 0 Å². The van der Waals surface area contributed by atoms with E-state index in [1.165, 1.54) is 69.8 Å². The Morgan fingerprint density at radius 2 is 1.42 bits per heavy atom. The normalized spacial score (nSPS) is 26.0. The number of unbranched alkanes of at least 4 members (excludes halogenated alkanes) is 2. The van der Waals surface area contributed by atoms with E-state index in [-0.39, 0.29) is 5.82 Å². The average molecular weight is 450 g/mol. The van der Waals surface area contributed by atoms with E-state index in [0.29, 0.717) is 5.92 Å². The minimum Gasteiger partial charge on any atom is -0.306 e. The zero-order valence-corrected chi connectivity index (χ0v) is 21.2. The molecular formula is C31H44FN. The summed E-state index contributed by atoms with van der Waals surface area (Å²) in [4.78, 5) is 2.42. The number of aryl methyl sites for hydroxylation is 1. The van der Waals surface area contributed by atoms with Crippen LogP contribution in [0.15, 0.2) is 42.5 Å². The fourth-order valence-corrected chi connectivity index (χ4v) is 6.48. The molecule has 2 aliphatic rings. The Bertz CT molecular complexity index is 855. The van der Waals surface area contributed by atoms with E-state index < -0.39 is 0 Å². The Hall–Kier alpha value is -1.67. The first-order valence-corrected chi connectivity index (χ1v) is 13.6. The van der Waals surface area contributed by atoms with E-state index in [9.17, 15) is 4.39 Å². The van der Waals surface area contributed by atoms with Crippen LogP contribution in [0.2, 0.25) is 0 Å². The number of halogens is 1. The van der Waals surface area contributed by atoms with Crippen LogP contribution in [0.1, 0.15) is 94.6 Å².